The van der Waals surface area contributed by atoms with Crippen molar-refractivity contribution < 1.29 is 66.0 Å². The van der Waals surface area contributed by atoms with Crippen molar-refractivity contribution >= 4 is 279 Å². The third-order valence-corrected chi connectivity index (χ3v) is 18.1. The second kappa shape index (κ2) is 34.2. The third-order valence-electron chi connectivity index (χ3n) is 6.94. The van der Waals surface area contributed by atoms with Crippen LogP contribution < -0.4 is 0 Å². The first-order valence-corrected chi connectivity index (χ1v) is 28.8. The Morgan fingerprint density at radius 1 is 0.600 bits per heavy atom. The number of alkyl halides is 7. The number of carboxylic acid groups (broad SMARTS) is 1. The van der Waals surface area contributed by atoms with E-state index in [-0.39, 0.29) is 18.8 Å². The molecule has 366 valence electrons. The smallest absolute Gasteiger partial charge is 0.381 e. The van der Waals surface area contributed by atoms with E-state index in [1.807, 2.05) is 86.0 Å². The summed E-state index contributed by atoms with van der Waals surface area (Å²) in [5.41, 5.74) is 1.16. The van der Waals surface area contributed by atoms with Gasteiger partial charge in [-0.3, -0.25) is 4.79 Å². The number of hydrogen-bond acceptors (Lipinski definition) is 9. The maximum Gasteiger partial charge on any atom is 0.381 e. The standard InChI is InChI=1S/C15H15F2I3O4.C8H14F2O3.C7H2ClI3O.C7H3I3O2.CHCl3/c1-4-23-14(22)15(16,17)12(7(2)3)24-13(21)9-5-8(18)6-10(19)11(9)20;1-4-13-7(12)8(9,10)6(11)5(2)3;8-7(12)4-1-3(9)2-5(10)6(4)11;8-3-1-4(7(11)12)6(10)5(9)2-3;2-1(3)4/h5-7,12H,4H2,1-3H3;5-6,11H,4H2,1-3H3;1-2H;1-2H,(H,11,12);1H. The molecular formula is C38H35Cl4F4I9O10. The van der Waals surface area contributed by atoms with Crippen molar-refractivity contribution in [1.82, 2.24) is 0 Å². The highest BCUT2D eigenvalue weighted by atomic mass is 127. The van der Waals surface area contributed by atoms with Crippen molar-refractivity contribution in [3.8, 4) is 0 Å². The number of carbonyl (C=O) groups excluding carboxylic acids is 4. The lowest BCUT2D eigenvalue weighted by Crippen LogP contribution is -2.48. The van der Waals surface area contributed by atoms with Crippen molar-refractivity contribution in [2.45, 2.75) is 69.9 Å². The minimum absolute atomic E-state index is 0.126. The largest absolute Gasteiger partial charge is 0.478 e. The zero-order chi connectivity index (χ0) is 51.5. The van der Waals surface area contributed by atoms with Crippen LogP contribution in [0.1, 0.15) is 72.6 Å². The summed E-state index contributed by atoms with van der Waals surface area (Å²) in [4.78, 5) is 56.2. The van der Waals surface area contributed by atoms with Crippen molar-refractivity contribution in [3.05, 3.63) is 85.2 Å². The molecule has 65 heavy (non-hydrogen) atoms. The molecular weight excluding hydrogens is 1980 g/mol. The van der Waals surface area contributed by atoms with E-state index < -0.39 is 69.3 Å². The van der Waals surface area contributed by atoms with Gasteiger partial charge in [0.25, 0.3) is 5.24 Å². The van der Waals surface area contributed by atoms with Gasteiger partial charge in [-0.15, -0.1) is 0 Å². The number of carbonyl (C=O) groups is 5. The first-order chi connectivity index (χ1) is 29.6. The van der Waals surface area contributed by atoms with E-state index in [1.54, 1.807) is 18.2 Å². The Bertz CT molecular complexity index is 2040. The normalized spacial score (nSPS) is 11.9. The van der Waals surface area contributed by atoms with Crippen LogP contribution in [0.15, 0.2) is 36.4 Å². The van der Waals surface area contributed by atoms with E-state index in [4.69, 9.17) is 61.4 Å². The van der Waals surface area contributed by atoms with E-state index in [0.717, 1.165) is 28.6 Å². The molecule has 0 spiro atoms. The fraction of sp³-hybridized carbons (Fsp3) is 0.395. The minimum Gasteiger partial charge on any atom is -0.478 e. The van der Waals surface area contributed by atoms with E-state index in [0.29, 0.717) is 14.7 Å². The van der Waals surface area contributed by atoms with Crippen LogP contribution in [0.4, 0.5) is 17.6 Å². The second-order valence-corrected chi connectivity index (χ2v) is 25.3. The average molecular weight is 2010 g/mol. The number of halogens is 17. The SMILES string of the molecule is CCOC(=O)C(F)(F)C(O)C(C)C.CCOC(=O)C(F)(F)C(OC(=O)c1cc(I)cc(I)c1I)C(C)C.ClC(Cl)Cl.O=C(Cl)c1cc(I)cc(I)c1I.O=C(O)c1cc(I)cc(I)c1I. The molecule has 0 heterocycles. The van der Waals surface area contributed by atoms with Gasteiger partial charge in [-0.2, -0.15) is 17.6 Å². The molecule has 27 heteroatoms. The van der Waals surface area contributed by atoms with Gasteiger partial charge >= 0.3 is 35.7 Å². The summed E-state index contributed by atoms with van der Waals surface area (Å²) in [6.45, 7) is 8.26. The molecule has 0 aliphatic heterocycles. The molecule has 2 N–H and O–H groups in total. The number of aliphatic hydroxyl groups is 1. The lowest BCUT2D eigenvalue weighted by molar-refractivity contribution is -0.193. The van der Waals surface area contributed by atoms with Crippen LogP contribution in [0, 0.1) is 44.0 Å². The Morgan fingerprint density at radius 2 is 0.923 bits per heavy atom. The second-order valence-electron chi connectivity index (χ2n) is 12.5. The summed E-state index contributed by atoms with van der Waals surface area (Å²) in [6, 6.07) is 10.8. The topological polar surface area (TPSA) is 154 Å². The highest BCUT2D eigenvalue weighted by Crippen LogP contribution is 2.32. The van der Waals surface area contributed by atoms with Crippen LogP contribution in [0.2, 0.25) is 0 Å². The first kappa shape index (κ1) is 69.7. The molecule has 0 aliphatic carbocycles. The minimum atomic E-state index is -3.92. The Hall–Kier alpha value is 2.62. The number of rotatable bonds is 12. The maximum atomic E-state index is 14.3. The Kier molecular flexibility index (Phi) is 36.6. The molecule has 0 fully saturated rings. The molecule has 0 aromatic heterocycles. The van der Waals surface area contributed by atoms with E-state index in [2.05, 4.69) is 145 Å². The fourth-order valence-corrected chi connectivity index (χ4v) is 11.5. The number of aliphatic hydroxyl groups excluding tert-OH is 1. The summed E-state index contributed by atoms with van der Waals surface area (Å²) >= 11 is 38.6. The highest BCUT2D eigenvalue weighted by molar-refractivity contribution is 14.1. The quantitative estimate of drug-likeness (QED) is 0.0341. The van der Waals surface area contributed by atoms with Gasteiger partial charge in [-0.05, 0) is 277 Å². The molecule has 0 bridgehead atoms. The molecule has 0 aliphatic rings. The summed E-state index contributed by atoms with van der Waals surface area (Å²) in [5.74, 6) is -14.3. The number of aromatic carboxylic acids is 1. The predicted molar refractivity (Wildman–Crippen MR) is 320 cm³/mol. The van der Waals surface area contributed by atoms with E-state index in [1.165, 1.54) is 41.5 Å². The van der Waals surface area contributed by atoms with Crippen molar-refractivity contribution in [1.29, 1.82) is 0 Å². The van der Waals surface area contributed by atoms with Crippen LogP contribution in [0.5, 0.6) is 0 Å². The van der Waals surface area contributed by atoms with Crippen LogP contribution in [-0.4, -0.2) is 80.9 Å². The summed E-state index contributed by atoms with van der Waals surface area (Å²) in [6.07, 6.45) is -3.90. The average Bonchev–Trinajstić information content (AvgIpc) is 3.17. The van der Waals surface area contributed by atoms with Crippen molar-refractivity contribution in [2.75, 3.05) is 13.2 Å². The van der Waals surface area contributed by atoms with Crippen LogP contribution in [0.3, 0.4) is 0 Å². The van der Waals surface area contributed by atoms with Gasteiger partial charge in [0.1, 0.15) is 6.10 Å². The van der Waals surface area contributed by atoms with Gasteiger partial charge in [0, 0.05) is 37.7 Å². The number of hydrogen-bond donors (Lipinski definition) is 2. The third kappa shape index (κ3) is 25.4. The van der Waals surface area contributed by atoms with Gasteiger partial charge < -0.3 is 24.4 Å². The number of benzene rings is 3. The molecule has 0 radical (unpaired) electrons. The van der Waals surface area contributed by atoms with Crippen LogP contribution in [0.25, 0.3) is 0 Å². The molecule has 3 aromatic carbocycles. The number of esters is 3. The Labute approximate surface area is 516 Å². The molecule has 3 aromatic rings. The molecule has 2 unspecified atom stereocenters. The maximum absolute atomic E-state index is 14.3. The van der Waals surface area contributed by atoms with Crippen LogP contribution >= 0.6 is 250 Å². The predicted octanol–water partition coefficient (Wildman–Crippen LogP) is 15.1. The first-order valence-electron chi connectivity index (χ1n) is 17.4. The molecule has 0 saturated heterocycles. The fourth-order valence-electron chi connectivity index (χ4n) is 4.03. The Morgan fingerprint density at radius 3 is 1.25 bits per heavy atom. The van der Waals surface area contributed by atoms with Crippen molar-refractivity contribution in [3.63, 3.8) is 0 Å². The Balaban J connectivity index is 0. The highest BCUT2D eigenvalue weighted by Gasteiger charge is 2.53. The van der Waals surface area contributed by atoms with Gasteiger partial charge in [-0.1, -0.05) is 62.5 Å². The summed E-state index contributed by atoms with van der Waals surface area (Å²) < 4.78 is 75.2. The van der Waals surface area contributed by atoms with Gasteiger partial charge in [0.2, 0.25) is 0 Å². The van der Waals surface area contributed by atoms with E-state index in [9.17, 15) is 41.5 Å². The van der Waals surface area contributed by atoms with Gasteiger partial charge in [-0.25, -0.2) is 19.2 Å². The summed E-state index contributed by atoms with van der Waals surface area (Å²) in [5, 5.41) is 17.4. The monoisotopic (exact) mass is 2010 g/mol. The lowest BCUT2D eigenvalue weighted by atomic mass is 10.0. The molecule has 10 nitrogen and oxygen atoms in total. The van der Waals surface area contributed by atoms with E-state index >= 15 is 0 Å². The molecule has 0 saturated carbocycles. The zero-order valence-corrected chi connectivity index (χ0v) is 56.3. The molecule has 2 atom stereocenters. The van der Waals surface area contributed by atoms with Crippen molar-refractivity contribution in [2.24, 2.45) is 11.8 Å². The van der Waals surface area contributed by atoms with Crippen LogP contribution in [-0.2, 0) is 23.8 Å². The van der Waals surface area contributed by atoms with Gasteiger partial charge in [0.15, 0.2) is 10.4 Å². The lowest BCUT2D eigenvalue weighted by Gasteiger charge is -2.28. The number of ether oxygens (including phenoxy) is 3. The zero-order valence-electron chi connectivity index (χ0n) is 33.9. The molecule has 3 rings (SSSR count). The number of carboxylic acids is 1. The van der Waals surface area contributed by atoms with Gasteiger partial charge in [0.05, 0.1) is 24.3 Å². The molecule has 0 amide bonds. The summed E-state index contributed by atoms with van der Waals surface area (Å²) in [7, 11) is 0.